The SMILES string of the molecule is Cc1cc(=O)oc2c3c(c(Cl)cc12)OC[NH+](C[C@H]1CCCO1)C3. The Morgan fingerprint density at radius 1 is 1.39 bits per heavy atom. The van der Waals surface area contributed by atoms with E-state index < -0.39 is 0 Å². The van der Waals surface area contributed by atoms with Crippen molar-refractivity contribution < 1.29 is 18.8 Å². The Balaban J connectivity index is 1.74. The fraction of sp³-hybridized carbons (Fsp3) is 0.471. The van der Waals surface area contributed by atoms with Crippen molar-refractivity contribution in [2.45, 2.75) is 32.4 Å². The Hall–Kier alpha value is -1.56. The first-order valence-corrected chi connectivity index (χ1v) is 8.33. The van der Waals surface area contributed by atoms with E-state index in [2.05, 4.69) is 0 Å². The highest BCUT2D eigenvalue weighted by molar-refractivity contribution is 6.33. The van der Waals surface area contributed by atoms with Gasteiger partial charge in [-0.25, -0.2) is 4.79 Å². The first-order valence-electron chi connectivity index (χ1n) is 7.95. The number of quaternary nitrogens is 1. The molecule has 5 nitrogen and oxygen atoms in total. The number of nitrogens with one attached hydrogen (secondary N) is 1. The number of halogens is 1. The summed E-state index contributed by atoms with van der Waals surface area (Å²) in [6, 6.07) is 3.31. The zero-order valence-electron chi connectivity index (χ0n) is 13.0. The highest BCUT2D eigenvalue weighted by Crippen LogP contribution is 2.36. The molecule has 0 amide bonds. The molecule has 0 radical (unpaired) electrons. The number of aryl methyl sites for hydroxylation is 1. The van der Waals surface area contributed by atoms with E-state index in [4.69, 9.17) is 25.5 Å². The van der Waals surface area contributed by atoms with Crippen molar-refractivity contribution in [3.05, 3.63) is 38.7 Å². The van der Waals surface area contributed by atoms with Crippen molar-refractivity contribution in [3.8, 4) is 5.75 Å². The van der Waals surface area contributed by atoms with Crippen LogP contribution >= 0.6 is 11.6 Å². The Labute approximate surface area is 138 Å². The third-order valence-corrected chi connectivity index (χ3v) is 4.91. The van der Waals surface area contributed by atoms with Crippen LogP contribution in [0.25, 0.3) is 11.0 Å². The quantitative estimate of drug-likeness (QED) is 0.848. The molecule has 6 heteroatoms. The van der Waals surface area contributed by atoms with Gasteiger partial charge in [-0.2, -0.15) is 0 Å². The lowest BCUT2D eigenvalue weighted by molar-refractivity contribution is -0.935. The fourth-order valence-electron chi connectivity index (χ4n) is 3.51. The van der Waals surface area contributed by atoms with Crippen molar-refractivity contribution in [2.75, 3.05) is 19.9 Å². The van der Waals surface area contributed by atoms with Crippen LogP contribution in [0.1, 0.15) is 24.0 Å². The predicted octanol–water partition coefficient (Wildman–Crippen LogP) is 1.67. The molecule has 3 heterocycles. The van der Waals surface area contributed by atoms with Gasteiger partial charge in [-0.15, -0.1) is 0 Å². The van der Waals surface area contributed by atoms with E-state index in [1.165, 1.54) is 11.0 Å². The van der Waals surface area contributed by atoms with Gasteiger partial charge in [0.15, 0.2) is 11.3 Å². The summed E-state index contributed by atoms with van der Waals surface area (Å²) in [6.07, 6.45) is 2.51. The van der Waals surface area contributed by atoms with E-state index in [-0.39, 0.29) is 11.7 Å². The van der Waals surface area contributed by atoms with Gasteiger partial charge in [0.2, 0.25) is 6.73 Å². The Bertz CT molecular complexity index is 810. The van der Waals surface area contributed by atoms with Gasteiger partial charge in [-0.1, -0.05) is 11.6 Å². The molecule has 2 aliphatic rings. The number of rotatable bonds is 2. The van der Waals surface area contributed by atoms with E-state index in [0.717, 1.165) is 49.1 Å². The number of fused-ring (bicyclic) bond motifs is 3. The van der Waals surface area contributed by atoms with Gasteiger partial charge < -0.3 is 13.9 Å². The smallest absolute Gasteiger partial charge is 0.336 e. The molecule has 2 atom stereocenters. The molecular formula is C17H19ClNO4+. The molecule has 1 N–H and O–H groups in total. The van der Waals surface area contributed by atoms with Crippen LogP contribution in [0.15, 0.2) is 21.3 Å². The Morgan fingerprint density at radius 3 is 3.04 bits per heavy atom. The number of benzene rings is 1. The van der Waals surface area contributed by atoms with E-state index in [1.807, 2.05) is 13.0 Å². The van der Waals surface area contributed by atoms with Crippen LogP contribution in [0.2, 0.25) is 5.02 Å². The fourth-order valence-corrected chi connectivity index (χ4v) is 3.79. The standard InChI is InChI=1S/C17H18ClNO4/c1-10-5-15(20)23-16-12(10)6-14(18)17-13(16)8-19(9-22-17)7-11-3-2-4-21-11/h5-6,11H,2-4,7-9H2,1H3/p+1/t11-/m1/s1. The molecule has 2 aliphatic heterocycles. The minimum atomic E-state index is -0.342. The van der Waals surface area contributed by atoms with Gasteiger partial charge in [-0.05, 0) is 31.4 Å². The molecule has 1 saturated heterocycles. The van der Waals surface area contributed by atoms with Crippen molar-refractivity contribution in [1.82, 2.24) is 0 Å². The van der Waals surface area contributed by atoms with Gasteiger partial charge in [0.1, 0.15) is 19.2 Å². The summed E-state index contributed by atoms with van der Waals surface area (Å²) < 4.78 is 17.1. The molecule has 1 aromatic carbocycles. The third-order valence-electron chi connectivity index (χ3n) is 4.63. The summed E-state index contributed by atoms with van der Waals surface area (Å²) in [4.78, 5) is 13.0. The zero-order valence-corrected chi connectivity index (χ0v) is 13.7. The number of hydrogen-bond donors (Lipinski definition) is 1. The zero-order chi connectivity index (χ0) is 16.0. The first kappa shape index (κ1) is 15.0. The molecule has 1 fully saturated rings. The van der Waals surface area contributed by atoms with Crippen LogP contribution in [-0.4, -0.2) is 26.0 Å². The normalized spacial score (nSPS) is 23.7. The van der Waals surface area contributed by atoms with E-state index >= 15 is 0 Å². The molecular weight excluding hydrogens is 318 g/mol. The van der Waals surface area contributed by atoms with Crippen molar-refractivity contribution in [3.63, 3.8) is 0 Å². The average Bonchev–Trinajstić information content (AvgIpc) is 3.02. The molecule has 0 saturated carbocycles. The van der Waals surface area contributed by atoms with Crippen LogP contribution in [0.3, 0.4) is 0 Å². The maximum atomic E-state index is 11.8. The second-order valence-corrected chi connectivity index (χ2v) is 6.75. The third kappa shape index (κ3) is 2.73. The van der Waals surface area contributed by atoms with Crippen LogP contribution in [0.4, 0.5) is 0 Å². The Kier molecular flexibility index (Phi) is 3.79. The molecule has 122 valence electrons. The molecule has 0 bridgehead atoms. The molecule has 0 aliphatic carbocycles. The average molecular weight is 337 g/mol. The van der Waals surface area contributed by atoms with Gasteiger partial charge in [0.25, 0.3) is 0 Å². The summed E-state index contributed by atoms with van der Waals surface area (Å²) in [6.45, 7) is 4.90. The van der Waals surface area contributed by atoms with E-state index in [0.29, 0.717) is 23.1 Å². The summed E-state index contributed by atoms with van der Waals surface area (Å²) in [5.41, 5.74) is 2.00. The maximum Gasteiger partial charge on any atom is 0.336 e. The van der Waals surface area contributed by atoms with Crippen molar-refractivity contribution >= 4 is 22.6 Å². The van der Waals surface area contributed by atoms with Crippen LogP contribution in [0, 0.1) is 6.92 Å². The monoisotopic (exact) mass is 336 g/mol. The van der Waals surface area contributed by atoms with Crippen molar-refractivity contribution in [1.29, 1.82) is 0 Å². The number of ether oxygens (including phenoxy) is 2. The molecule has 23 heavy (non-hydrogen) atoms. The van der Waals surface area contributed by atoms with Crippen LogP contribution in [-0.2, 0) is 11.3 Å². The van der Waals surface area contributed by atoms with Crippen LogP contribution < -0.4 is 15.3 Å². The Morgan fingerprint density at radius 2 is 2.26 bits per heavy atom. The van der Waals surface area contributed by atoms with Gasteiger partial charge in [0.05, 0.1) is 10.6 Å². The van der Waals surface area contributed by atoms with Gasteiger partial charge in [0, 0.05) is 18.1 Å². The summed E-state index contributed by atoms with van der Waals surface area (Å²) >= 11 is 6.37. The van der Waals surface area contributed by atoms with Gasteiger partial charge in [-0.3, -0.25) is 4.90 Å². The maximum absolute atomic E-state index is 11.8. The molecule has 1 unspecified atom stereocenters. The lowest BCUT2D eigenvalue weighted by Gasteiger charge is -2.28. The molecule has 2 aromatic rings. The molecule has 4 rings (SSSR count). The van der Waals surface area contributed by atoms with Crippen molar-refractivity contribution in [2.24, 2.45) is 0 Å². The summed E-state index contributed by atoms with van der Waals surface area (Å²) in [7, 11) is 0. The predicted molar refractivity (Wildman–Crippen MR) is 86.2 cm³/mol. The first-order chi connectivity index (χ1) is 11.1. The minimum Gasteiger partial charge on any atom is -0.443 e. The molecule has 1 aromatic heterocycles. The van der Waals surface area contributed by atoms with E-state index in [1.54, 1.807) is 0 Å². The van der Waals surface area contributed by atoms with Crippen LogP contribution in [0.5, 0.6) is 5.75 Å². The largest absolute Gasteiger partial charge is 0.443 e. The topological polar surface area (TPSA) is 53.1 Å². The number of hydrogen-bond acceptors (Lipinski definition) is 4. The highest BCUT2D eigenvalue weighted by Gasteiger charge is 2.30. The lowest BCUT2D eigenvalue weighted by atomic mass is 10.0. The second kappa shape index (κ2) is 5.82. The highest BCUT2D eigenvalue weighted by atomic mass is 35.5. The minimum absolute atomic E-state index is 0.286. The molecule has 0 spiro atoms. The summed E-state index contributed by atoms with van der Waals surface area (Å²) in [5, 5.41) is 1.44. The second-order valence-electron chi connectivity index (χ2n) is 6.35. The van der Waals surface area contributed by atoms with E-state index in [9.17, 15) is 4.79 Å². The summed E-state index contributed by atoms with van der Waals surface area (Å²) in [5.74, 6) is 0.643. The van der Waals surface area contributed by atoms with Gasteiger partial charge >= 0.3 is 5.63 Å². The lowest BCUT2D eigenvalue weighted by Crippen LogP contribution is -3.13.